The van der Waals surface area contributed by atoms with E-state index in [9.17, 15) is 9.59 Å². The first-order chi connectivity index (χ1) is 6.67. The molecule has 0 aromatic carbocycles. The van der Waals surface area contributed by atoms with Gasteiger partial charge in [-0.2, -0.15) is 0 Å². The van der Waals surface area contributed by atoms with Crippen LogP contribution in [-0.4, -0.2) is 25.2 Å². The van der Waals surface area contributed by atoms with Gasteiger partial charge in [-0.05, 0) is 20.8 Å². The summed E-state index contributed by atoms with van der Waals surface area (Å²) in [4.78, 5) is 22.6. The molecule has 0 amide bonds. The van der Waals surface area contributed by atoms with Crippen LogP contribution in [0, 0.1) is 5.92 Å². The van der Waals surface area contributed by atoms with Crippen molar-refractivity contribution in [2.75, 3.05) is 13.2 Å². The first kappa shape index (κ1) is 12.7. The second-order valence-corrected chi connectivity index (χ2v) is 2.51. The van der Waals surface area contributed by atoms with E-state index >= 15 is 0 Å². The molecule has 0 N–H and O–H groups in total. The van der Waals surface area contributed by atoms with E-state index in [4.69, 9.17) is 9.47 Å². The largest absolute Gasteiger partial charge is 0.465 e. The molecule has 0 saturated carbocycles. The standard InChI is InChI=1S/C10H16O4/c1-4-7-8(9(11)13-5-2)10(12)14-6-3/h4,7-8H,5-6H2,1-3H3/b7-4+. The lowest BCUT2D eigenvalue weighted by Crippen LogP contribution is -2.26. The third-order valence-electron chi connectivity index (χ3n) is 1.47. The van der Waals surface area contributed by atoms with E-state index in [0.717, 1.165) is 0 Å². The minimum Gasteiger partial charge on any atom is -0.465 e. The molecule has 0 aliphatic heterocycles. The number of carbonyl (C=O) groups excluding carboxylic acids is 2. The van der Waals surface area contributed by atoms with Crippen molar-refractivity contribution >= 4 is 11.9 Å². The summed E-state index contributed by atoms with van der Waals surface area (Å²) < 4.78 is 9.47. The molecule has 0 radical (unpaired) electrons. The Kier molecular flexibility index (Phi) is 6.45. The topological polar surface area (TPSA) is 52.6 Å². The Balaban J connectivity index is 4.42. The molecule has 0 aliphatic rings. The van der Waals surface area contributed by atoms with E-state index in [-0.39, 0.29) is 13.2 Å². The van der Waals surface area contributed by atoms with Gasteiger partial charge in [0.15, 0.2) is 5.92 Å². The van der Waals surface area contributed by atoms with E-state index in [0.29, 0.717) is 0 Å². The quantitative estimate of drug-likeness (QED) is 0.381. The van der Waals surface area contributed by atoms with E-state index < -0.39 is 17.9 Å². The molecule has 0 bridgehead atoms. The molecule has 0 aliphatic carbocycles. The first-order valence-electron chi connectivity index (χ1n) is 4.63. The van der Waals surface area contributed by atoms with Crippen molar-refractivity contribution in [3.63, 3.8) is 0 Å². The Bertz CT molecular complexity index is 202. The number of hydrogen-bond donors (Lipinski definition) is 0. The van der Waals surface area contributed by atoms with Gasteiger partial charge in [0.05, 0.1) is 13.2 Å². The minimum atomic E-state index is -0.931. The number of allylic oxidation sites excluding steroid dienone is 1. The predicted octanol–water partition coefficient (Wildman–Crippen LogP) is 1.30. The van der Waals surface area contributed by atoms with Gasteiger partial charge in [-0.15, -0.1) is 0 Å². The summed E-state index contributed by atoms with van der Waals surface area (Å²) in [5, 5.41) is 0. The smallest absolute Gasteiger partial charge is 0.324 e. The van der Waals surface area contributed by atoms with E-state index in [1.54, 1.807) is 26.8 Å². The van der Waals surface area contributed by atoms with Gasteiger partial charge in [-0.1, -0.05) is 12.2 Å². The van der Waals surface area contributed by atoms with Gasteiger partial charge < -0.3 is 9.47 Å². The van der Waals surface area contributed by atoms with Crippen LogP contribution in [-0.2, 0) is 19.1 Å². The fourth-order valence-electron chi connectivity index (χ4n) is 0.910. The van der Waals surface area contributed by atoms with E-state index in [2.05, 4.69) is 0 Å². The van der Waals surface area contributed by atoms with Crippen LogP contribution in [0.3, 0.4) is 0 Å². The highest BCUT2D eigenvalue weighted by Crippen LogP contribution is 2.05. The summed E-state index contributed by atoms with van der Waals surface area (Å²) in [6, 6.07) is 0. The summed E-state index contributed by atoms with van der Waals surface area (Å²) in [5.41, 5.74) is 0. The predicted molar refractivity (Wildman–Crippen MR) is 51.6 cm³/mol. The fourth-order valence-corrected chi connectivity index (χ4v) is 0.910. The summed E-state index contributed by atoms with van der Waals surface area (Å²) in [5.74, 6) is -2.06. The zero-order valence-electron chi connectivity index (χ0n) is 8.78. The minimum absolute atomic E-state index is 0.256. The molecule has 80 valence electrons. The Morgan fingerprint density at radius 1 is 1.14 bits per heavy atom. The molecule has 0 aromatic heterocycles. The van der Waals surface area contributed by atoms with Gasteiger partial charge >= 0.3 is 11.9 Å². The molecule has 14 heavy (non-hydrogen) atoms. The van der Waals surface area contributed by atoms with Crippen molar-refractivity contribution in [3.8, 4) is 0 Å². The molecule has 0 rings (SSSR count). The van der Waals surface area contributed by atoms with Crippen LogP contribution in [0.15, 0.2) is 12.2 Å². The van der Waals surface area contributed by atoms with Crippen LogP contribution in [0.1, 0.15) is 20.8 Å². The molecule has 0 saturated heterocycles. The summed E-state index contributed by atoms with van der Waals surface area (Å²) in [6.45, 7) is 5.62. The first-order valence-corrected chi connectivity index (χ1v) is 4.63. The van der Waals surface area contributed by atoms with Crippen LogP contribution in [0.5, 0.6) is 0 Å². The molecular formula is C10H16O4. The van der Waals surface area contributed by atoms with Gasteiger partial charge in [-0.25, -0.2) is 0 Å². The van der Waals surface area contributed by atoms with Crippen molar-refractivity contribution in [1.29, 1.82) is 0 Å². The molecule has 4 heteroatoms. The fraction of sp³-hybridized carbons (Fsp3) is 0.600. The number of rotatable bonds is 5. The zero-order chi connectivity index (χ0) is 11.0. The Morgan fingerprint density at radius 3 is 1.86 bits per heavy atom. The lowest BCUT2D eigenvalue weighted by molar-refractivity contribution is -0.158. The maximum absolute atomic E-state index is 11.3. The number of ether oxygens (including phenoxy) is 2. The zero-order valence-corrected chi connectivity index (χ0v) is 8.78. The maximum Gasteiger partial charge on any atom is 0.324 e. The molecule has 0 spiro atoms. The molecule has 0 aromatic rings. The highest BCUT2D eigenvalue weighted by atomic mass is 16.6. The van der Waals surface area contributed by atoms with Gasteiger partial charge in [0, 0.05) is 0 Å². The van der Waals surface area contributed by atoms with Crippen molar-refractivity contribution in [2.45, 2.75) is 20.8 Å². The second kappa shape index (κ2) is 7.12. The number of hydrogen-bond acceptors (Lipinski definition) is 4. The highest BCUT2D eigenvalue weighted by Gasteiger charge is 2.26. The summed E-state index contributed by atoms with van der Waals surface area (Å²) in [7, 11) is 0. The average Bonchev–Trinajstić information content (AvgIpc) is 2.14. The van der Waals surface area contributed by atoms with Crippen LogP contribution in [0.4, 0.5) is 0 Å². The van der Waals surface area contributed by atoms with Crippen LogP contribution >= 0.6 is 0 Å². The van der Waals surface area contributed by atoms with Crippen molar-refractivity contribution in [2.24, 2.45) is 5.92 Å². The van der Waals surface area contributed by atoms with Gasteiger partial charge in [0.1, 0.15) is 0 Å². The molecule has 4 nitrogen and oxygen atoms in total. The second-order valence-electron chi connectivity index (χ2n) is 2.51. The van der Waals surface area contributed by atoms with Crippen molar-refractivity contribution in [1.82, 2.24) is 0 Å². The third-order valence-corrected chi connectivity index (χ3v) is 1.47. The monoisotopic (exact) mass is 200 g/mol. The molecule has 0 heterocycles. The lowest BCUT2D eigenvalue weighted by atomic mass is 10.1. The summed E-state index contributed by atoms with van der Waals surface area (Å²) in [6.07, 6.45) is 3.09. The maximum atomic E-state index is 11.3. The lowest BCUT2D eigenvalue weighted by Gasteiger charge is -2.09. The van der Waals surface area contributed by atoms with Crippen LogP contribution in [0.25, 0.3) is 0 Å². The molecule has 0 unspecified atom stereocenters. The van der Waals surface area contributed by atoms with Crippen LogP contribution < -0.4 is 0 Å². The van der Waals surface area contributed by atoms with Crippen molar-refractivity contribution in [3.05, 3.63) is 12.2 Å². The summed E-state index contributed by atoms with van der Waals surface area (Å²) >= 11 is 0. The van der Waals surface area contributed by atoms with Crippen molar-refractivity contribution < 1.29 is 19.1 Å². The highest BCUT2D eigenvalue weighted by molar-refractivity contribution is 5.96. The molecule has 0 atom stereocenters. The normalized spacial score (nSPS) is 10.6. The molecule has 0 fully saturated rings. The van der Waals surface area contributed by atoms with Crippen LogP contribution in [0.2, 0.25) is 0 Å². The van der Waals surface area contributed by atoms with Gasteiger partial charge in [0.2, 0.25) is 0 Å². The Labute approximate surface area is 83.9 Å². The number of carbonyl (C=O) groups is 2. The molecular weight excluding hydrogens is 184 g/mol. The van der Waals surface area contributed by atoms with Gasteiger partial charge in [-0.3, -0.25) is 9.59 Å². The Morgan fingerprint density at radius 2 is 1.57 bits per heavy atom. The number of esters is 2. The third kappa shape index (κ3) is 4.07. The SMILES string of the molecule is C/C=C/C(C(=O)OCC)C(=O)OCC. The Hall–Kier alpha value is -1.32. The van der Waals surface area contributed by atoms with Gasteiger partial charge in [0.25, 0.3) is 0 Å². The average molecular weight is 200 g/mol. The van der Waals surface area contributed by atoms with E-state index in [1.165, 1.54) is 6.08 Å². The van der Waals surface area contributed by atoms with E-state index in [1.807, 2.05) is 0 Å².